The molecule has 2 unspecified atom stereocenters. The van der Waals surface area contributed by atoms with E-state index in [1.165, 1.54) is 0 Å². The van der Waals surface area contributed by atoms with Gasteiger partial charge in [0.2, 0.25) is 5.91 Å². The molecule has 4 nitrogen and oxygen atoms in total. The first kappa shape index (κ1) is 15.4. The molecule has 1 fully saturated rings. The Balaban J connectivity index is 2.46. The van der Waals surface area contributed by atoms with Gasteiger partial charge in [0, 0.05) is 26.2 Å². The lowest BCUT2D eigenvalue weighted by molar-refractivity contribution is -0.139. The molecule has 4 heteroatoms. The normalized spacial score (nSPS) is 21.9. The fourth-order valence-corrected chi connectivity index (χ4v) is 2.51. The Morgan fingerprint density at radius 2 is 2.22 bits per heavy atom. The van der Waals surface area contributed by atoms with E-state index in [2.05, 4.69) is 13.8 Å². The van der Waals surface area contributed by atoms with Crippen LogP contribution < -0.4 is 5.73 Å². The van der Waals surface area contributed by atoms with Crippen LogP contribution in [0, 0.1) is 5.92 Å². The minimum Gasteiger partial charge on any atom is -0.376 e. The van der Waals surface area contributed by atoms with E-state index in [1.54, 1.807) is 0 Å². The van der Waals surface area contributed by atoms with Crippen LogP contribution in [0.2, 0.25) is 0 Å². The standard InChI is InChI=1S/C14H28N2O2/c1-3-6-12(10-15)14(17)16-8-5-7-13(11-16)18-9-4-2/h12-13H,3-11,15H2,1-2H3. The number of amides is 1. The molecule has 1 saturated heterocycles. The third kappa shape index (κ3) is 4.58. The minimum absolute atomic E-state index is 0.0000693. The molecule has 0 aromatic heterocycles. The molecule has 1 aliphatic heterocycles. The van der Waals surface area contributed by atoms with Gasteiger partial charge in [-0.1, -0.05) is 20.3 Å². The van der Waals surface area contributed by atoms with Crippen LogP contribution in [0.15, 0.2) is 0 Å². The maximum Gasteiger partial charge on any atom is 0.227 e. The molecular formula is C14H28N2O2. The predicted octanol–water partition coefficient (Wildman–Crippen LogP) is 1.78. The molecular weight excluding hydrogens is 228 g/mol. The first-order valence-corrected chi connectivity index (χ1v) is 7.33. The molecule has 0 aliphatic carbocycles. The zero-order valence-corrected chi connectivity index (χ0v) is 11.9. The first-order chi connectivity index (χ1) is 8.72. The molecule has 1 rings (SSSR count). The van der Waals surface area contributed by atoms with Crippen molar-refractivity contribution in [3.05, 3.63) is 0 Å². The minimum atomic E-state index is -0.0000693. The summed E-state index contributed by atoms with van der Waals surface area (Å²) in [7, 11) is 0. The Kier molecular flexibility index (Phi) is 7.28. The number of piperidine rings is 1. The van der Waals surface area contributed by atoms with Crippen LogP contribution >= 0.6 is 0 Å². The van der Waals surface area contributed by atoms with E-state index in [-0.39, 0.29) is 17.9 Å². The van der Waals surface area contributed by atoms with Crippen molar-refractivity contribution in [3.63, 3.8) is 0 Å². The van der Waals surface area contributed by atoms with Gasteiger partial charge in [0.05, 0.1) is 12.0 Å². The zero-order valence-electron chi connectivity index (χ0n) is 11.9. The highest BCUT2D eigenvalue weighted by Gasteiger charge is 2.27. The number of nitrogens with two attached hydrogens (primary N) is 1. The highest BCUT2D eigenvalue weighted by atomic mass is 16.5. The van der Waals surface area contributed by atoms with E-state index in [0.717, 1.165) is 51.8 Å². The van der Waals surface area contributed by atoms with Gasteiger partial charge in [-0.2, -0.15) is 0 Å². The summed E-state index contributed by atoms with van der Waals surface area (Å²) in [5.74, 6) is 0.226. The number of hydrogen-bond donors (Lipinski definition) is 1. The lowest BCUT2D eigenvalue weighted by atomic mass is 10.00. The summed E-state index contributed by atoms with van der Waals surface area (Å²) in [6.07, 6.45) is 5.28. The van der Waals surface area contributed by atoms with Gasteiger partial charge in [-0.3, -0.25) is 4.79 Å². The van der Waals surface area contributed by atoms with Crippen molar-refractivity contribution < 1.29 is 9.53 Å². The van der Waals surface area contributed by atoms with Crippen molar-refractivity contribution in [1.82, 2.24) is 4.90 Å². The van der Waals surface area contributed by atoms with E-state index in [0.29, 0.717) is 6.54 Å². The Morgan fingerprint density at radius 3 is 2.83 bits per heavy atom. The summed E-state index contributed by atoms with van der Waals surface area (Å²) in [5, 5.41) is 0. The Bertz CT molecular complexity index is 246. The van der Waals surface area contributed by atoms with Crippen LogP contribution in [-0.2, 0) is 9.53 Å². The summed E-state index contributed by atoms with van der Waals surface area (Å²) in [4.78, 5) is 14.3. The molecule has 0 spiro atoms. The lowest BCUT2D eigenvalue weighted by Crippen LogP contribution is -2.47. The maximum absolute atomic E-state index is 12.3. The average molecular weight is 256 g/mol. The highest BCUT2D eigenvalue weighted by Crippen LogP contribution is 2.17. The van der Waals surface area contributed by atoms with E-state index < -0.39 is 0 Å². The van der Waals surface area contributed by atoms with Crippen LogP contribution in [0.4, 0.5) is 0 Å². The van der Waals surface area contributed by atoms with Crippen LogP contribution in [0.5, 0.6) is 0 Å². The summed E-state index contributed by atoms with van der Waals surface area (Å²) in [6.45, 7) is 7.08. The number of hydrogen-bond acceptors (Lipinski definition) is 3. The second-order valence-electron chi connectivity index (χ2n) is 5.14. The van der Waals surface area contributed by atoms with Crippen LogP contribution in [0.3, 0.4) is 0 Å². The second-order valence-corrected chi connectivity index (χ2v) is 5.14. The fourth-order valence-electron chi connectivity index (χ4n) is 2.51. The van der Waals surface area contributed by atoms with Gasteiger partial charge in [-0.25, -0.2) is 0 Å². The number of likely N-dealkylation sites (tertiary alicyclic amines) is 1. The number of ether oxygens (including phenoxy) is 1. The van der Waals surface area contributed by atoms with Gasteiger partial charge < -0.3 is 15.4 Å². The van der Waals surface area contributed by atoms with Crippen molar-refractivity contribution in [2.45, 2.75) is 52.1 Å². The average Bonchev–Trinajstić information content (AvgIpc) is 2.42. The lowest BCUT2D eigenvalue weighted by Gasteiger charge is -2.34. The third-order valence-corrected chi connectivity index (χ3v) is 3.52. The number of carbonyl (C=O) groups excluding carboxylic acids is 1. The molecule has 2 atom stereocenters. The van der Waals surface area contributed by atoms with E-state index in [1.807, 2.05) is 4.90 Å². The largest absolute Gasteiger partial charge is 0.376 e. The predicted molar refractivity (Wildman–Crippen MR) is 73.3 cm³/mol. The van der Waals surface area contributed by atoms with Crippen LogP contribution in [-0.4, -0.2) is 43.2 Å². The SMILES string of the molecule is CCCOC1CCCN(C(=O)C(CN)CCC)C1. The van der Waals surface area contributed by atoms with Crippen molar-refractivity contribution >= 4 is 5.91 Å². The number of carbonyl (C=O) groups is 1. The molecule has 0 aromatic rings. The summed E-state index contributed by atoms with van der Waals surface area (Å²) in [6, 6.07) is 0. The van der Waals surface area contributed by atoms with E-state index in [9.17, 15) is 4.79 Å². The second kappa shape index (κ2) is 8.48. The quantitative estimate of drug-likeness (QED) is 0.755. The maximum atomic E-state index is 12.3. The molecule has 0 bridgehead atoms. The number of nitrogens with zero attached hydrogens (tertiary/aromatic N) is 1. The van der Waals surface area contributed by atoms with Crippen molar-refractivity contribution in [2.75, 3.05) is 26.2 Å². The van der Waals surface area contributed by atoms with Crippen molar-refractivity contribution in [2.24, 2.45) is 11.7 Å². The van der Waals surface area contributed by atoms with Gasteiger partial charge >= 0.3 is 0 Å². The van der Waals surface area contributed by atoms with Crippen LogP contribution in [0.1, 0.15) is 46.0 Å². The summed E-state index contributed by atoms with van der Waals surface area (Å²) >= 11 is 0. The van der Waals surface area contributed by atoms with Gasteiger partial charge in [0.1, 0.15) is 0 Å². The molecule has 0 aromatic carbocycles. The molecule has 2 N–H and O–H groups in total. The molecule has 106 valence electrons. The molecule has 18 heavy (non-hydrogen) atoms. The summed E-state index contributed by atoms with van der Waals surface area (Å²) < 4.78 is 5.76. The molecule has 0 radical (unpaired) electrons. The van der Waals surface area contributed by atoms with Crippen LogP contribution in [0.25, 0.3) is 0 Å². The Labute approximate surface area is 111 Å². The molecule has 1 heterocycles. The van der Waals surface area contributed by atoms with Gasteiger partial charge in [0.25, 0.3) is 0 Å². The zero-order chi connectivity index (χ0) is 13.4. The Hall–Kier alpha value is -0.610. The van der Waals surface area contributed by atoms with E-state index >= 15 is 0 Å². The summed E-state index contributed by atoms with van der Waals surface area (Å²) in [5.41, 5.74) is 5.70. The first-order valence-electron chi connectivity index (χ1n) is 7.33. The van der Waals surface area contributed by atoms with Crippen molar-refractivity contribution in [1.29, 1.82) is 0 Å². The van der Waals surface area contributed by atoms with Gasteiger partial charge in [0.15, 0.2) is 0 Å². The monoisotopic (exact) mass is 256 g/mol. The van der Waals surface area contributed by atoms with Gasteiger partial charge in [-0.05, 0) is 25.7 Å². The number of rotatable bonds is 7. The molecule has 0 saturated carbocycles. The van der Waals surface area contributed by atoms with Crippen molar-refractivity contribution in [3.8, 4) is 0 Å². The highest BCUT2D eigenvalue weighted by molar-refractivity contribution is 5.79. The van der Waals surface area contributed by atoms with Gasteiger partial charge in [-0.15, -0.1) is 0 Å². The Morgan fingerprint density at radius 1 is 1.44 bits per heavy atom. The molecule has 1 amide bonds. The topological polar surface area (TPSA) is 55.6 Å². The third-order valence-electron chi connectivity index (χ3n) is 3.52. The molecule has 1 aliphatic rings. The van der Waals surface area contributed by atoms with E-state index in [4.69, 9.17) is 10.5 Å². The fraction of sp³-hybridized carbons (Fsp3) is 0.929. The smallest absolute Gasteiger partial charge is 0.227 e.